The average molecular weight is 215 g/mol. The topological polar surface area (TPSA) is 41.5 Å². The summed E-state index contributed by atoms with van der Waals surface area (Å²) in [4.78, 5) is 0. The lowest BCUT2D eigenvalue weighted by molar-refractivity contribution is -0.0377. The minimum atomic E-state index is -0.653. The summed E-state index contributed by atoms with van der Waals surface area (Å²) in [6, 6.07) is 0.630. The first-order chi connectivity index (χ1) is 7.14. The third-order valence-corrected chi connectivity index (χ3v) is 3.20. The molecule has 2 unspecified atom stereocenters. The lowest BCUT2D eigenvalue weighted by Gasteiger charge is -2.25. The summed E-state index contributed by atoms with van der Waals surface area (Å²) in [5.74, 6) is 0. The maximum absolute atomic E-state index is 9.72. The molecule has 3 nitrogen and oxygen atoms in total. The van der Waals surface area contributed by atoms with Gasteiger partial charge in [0.05, 0.1) is 12.2 Å². The van der Waals surface area contributed by atoms with Gasteiger partial charge in [0.25, 0.3) is 0 Å². The Kier molecular flexibility index (Phi) is 5.58. The Morgan fingerprint density at radius 2 is 2.27 bits per heavy atom. The molecule has 90 valence electrons. The average Bonchev–Trinajstić information content (AvgIpc) is 2.26. The molecule has 0 aromatic rings. The van der Waals surface area contributed by atoms with E-state index < -0.39 is 5.60 Å². The smallest absolute Gasteiger partial charge is 0.0849 e. The zero-order valence-corrected chi connectivity index (χ0v) is 10.1. The quantitative estimate of drug-likeness (QED) is 0.663. The number of hydrogen-bond donors (Lipinski definition) is 2. The van der Waals surface area contributed by atoms with Crippen LogP contribution in [-0.4, -0.2) is 36.5 Å². The van der Waals surface area contributed by atoms with Crippen LogP contribution in [0.4, 0.5) is 0 Å². The van der Waals surface area contributed by atoms with E-state index in [1.807, 2.05) is 13.8 Å². The molecule has 0 aliphatic carbocycles. The number of piperidine rings is 1. The van der Waals surface area contributed by atoms with Gasteiger partial charge in [-0.2, -0.15) is 0 Å². The molecule has 2 atom stereocenters. The van der Waals surface area contributed by atoms with Crippen molar-refractivity contribution in [2.45, 2.75) is 57.6 Å². The highest BCUT2D eigenvalue weighted by Crippen LogP contribution is 2.12. The molecular formula is C12H25NO2. The maximum Gasteiger partial charge on any atom is 0.0849 e. The highest BCUT2D eigenvalue weighted by Gasteiger charge is 2.18. The molecule has 0 saturated carbocycles. The van der Waals surface area contributed by atoms with E-state index in [-0.39, 0.29) is 0 Å². The van der Waals surface area contributed by atoms with Crippen molar-refractivity contribution in [3.63, 3.8) is 0 Å². The Bertz CT molecular complexity index is 165. The Hall–Kier alpha value is -0.120. The Morgan fingerprint density at radius 3 is 2.87 bits per heavy atom. The van der Waals surface area contributed by atoms with Gasteiger partial charge in [-0.1, -0.05) is 13.3 Å². The van der Waals surface area contributed by atoms with Crippen molar-refractivity contribution in [1.29, 1.82) is 0 Å². The molecule has 1 aliphatic rings. The molecule has 1 heterocycles. The molecule has 0 aromatic heterocycles. The fraction of sp³-hybridized carbons (Fsp3) is 1.00. The monoisotopic (exact) mass is 215 g/mol. The van der Waals surface area contributed by atoms with Crippen molar-refractivity contribution in [2.24, 2.45) is 0 Å². The highest BCUT2D eigenvalue weighted by atomic mass is 16.5. The largest absolute Gasteiger partial charge is 0.388 e. The number of nitrogens with one attached hydrogen (secondary N) is 1. The van der Waals surface area contributed by atoms with E-state index in [0.717, 1.165) is 26.0 Å². The van der Waals surface area contributed by atoms with Crippen LogP contribution in [0.25, 0.3) is 0 Å². The van der Waals surface area contributed by atoms with E-state index in [4.69, 9.17) is 4.74 Å². The molecule has 0 aromatic carbocycles. The predicted molar refractivity (Wildman–Crippen MR) is 62.0 cm³/mol. The molecule has 0 radical (unpaired) electrons. The van der Waals surface area contributed by atoms with Crippen LogP contribution in [-0.2, 0) is 4.74 Å². The van der Waals surface area contributed by atoms with Crippen LogP contribution < -0.4 is 5.32 Å². The Labute approximate surface area is 93.2 Å². The van der Waals surface area contributed by atoms with E-state index in [9.17, 15) is 5.11 Å². The summed E-state index contributed by atoms with van der Waals surface area (Å²) >= 11 is 0. The van der Waals surface area contributed by atoms with Crippen molar-refractivity contribution in [3.05, 3.63) is 0 Å². The summed E-state index contributed by atoms with van der Waals surface area (Å²) in [6.07, 6.45) is 5.73. The van der Waals surface area contributed by atoms with Crippen LogP contribution in [0.5, 0.6) is 0 Å². The zero-order chi connectivity index (χ0) is 11.1. The molecule has 0 spiro atoms. The predicted octanol–water partition coefficient (Wildman–Crippen LogP) is 1.70. The van der Waals surface area contributed by atoms with E-state index in [0.29, 0.717) is 12.6 Å². The van der Waals surface area contributed by atoms with Gasteiger partial charge in [-0.25, -0.2) is 0 Å². The number of aliphatic hydroxyl groups is 1. The van der Waals surface area contributed by atoms with Crippen LogP contribution in [0.2, 0.25) is 0 Å². The SMILES string of the molecule is CCC(C)(O)COCCC1CCCCN1. The Morgan fingerprint density at radius 1 is 1.47 bits per heavy atom. The molecule has 1 saturated heterocycles. The van der Waals surface area contributed by atoms with Crippen LogP contribution in [0.3, 0.4) is 0 Å². The van der Waals surface area contributed by atoms with Gasteiger partial charge in [-0.3, -0.25) is 0 Å². The van der Waals surface area contributed by atoms with Crippen LogP contribution in [0.1, 0.15) is 46.0 Å². The van der Waals surface area contributed by atoms with Gasteiger partial charge in [-0.15, -0.1) is 0 Å². The maximum atomic E-state index is 9.72. The standard InChI is InChI=1S/C12H25NO2/c1-3-12(2,14)10-15-9-7-11-6-4-5-8-13-11/h11,13-14H,3-10H2,1-2H3. The third kappa shape index (κ3) is 5.50. The summed E-state index contributed by atoms with van der Waals surface area (Å²) in [6.45, 7) is 6.17. The normalized spacial score (nSPS) is 26.2. The van der Waals surface area contributed by atoms with Gasteiger partial charge in [0.1, 0.15) is 0 Å². The van der Waals surface area contributed by atoms with Crippen LogP contribution >= 0.6 is 0 Å². The van der Waals surface area contributed by atoms with Gasteiger partial charge in [0, 0.05) is 12.6 Å². The number of ether oxygens (including phenoxy) is 1. The molecule has 1 rings (SSSR count). The zero-order valence-electron chi connectivity index (χ0n) is 10.1. The lowest BCUT2D eigenvalue weighted by atomic mass is 10.0. The molecule has 2 N–H and O–H groups in total. The van der Waals surface area contributed by atoms with Crippen molar-refractivity contribution < 1.29 is 9.84 Å². The van der Waals surface area contributed by atoms with Crippen molar-refractivity contribution >= 4 is 0 Å². The van der Waals surface area contributed by atoms with Gasteiger partial charge in [0.2, 0.25) is 0 Å². The molecule has 15 heavy (non-hydrogen) atoms. The second-order valence-electron chi connectivity index (χ2n) is 4.84. The lowest BCUT2D eigenvalue weighted by Crippen LogP contribution is -2.35. The molecule has 1 aliphatic heterocycles. The van der Waals surface area contributed by atoms with Gasteiger partial charge >= 0.3 is 0 Å². The first kappa shape index (κ1) is 12.9. The minimum Gasteiger partial charge on any atom is -0.388 e. The summed E-state index contributed by atoms with van der Waals surface area (Å²) in [5, 5.41) is 13.2. The molecular weight excluding hydrogens is 190 g/mol. The minimum absolute atomic E-state index is 0.455. The van der Waals surface area contributed by atoms with Crippen LogP contribution in [0.15, 0.2) is 0 Å². The summed E-state index contributed by atoms with van der Waals surface area (Å²) in [5.41, 5.74) is -0.653. The second-order valence-corrected chi connectivity index (χ2v) is 4.84. The molecule has 3 heteroatoms. The fourth-order valence-electron chi connectivity index (χ4n) is 1.79. The Balaban J connectivity index is 2.00. The third-order valence-electron chi connectivity index (χ3n) is 3.20. The number of rotatable bonds is 6. The summed E-state index contributed by atoms with van der Waals surface area (Å²) in [7, 11) is 0. The molecule has 1 fully saturated rings. The van der Waals surface area contributed by atoms with E-state index in [2.05, 4.69) is 5.32 Å². The van der Waals surface area contributed by atoms with E-state index in [1.165, 1.54) is 19.3 Å². The van der Waals surface area contributed by atoms with Crippen LogP contribution in [0, 0.1) is 0 Å². The first-order valence-electron chi connectivity index (χ1n) is 6.17. The van der Waals surface area contributed by atoms with Gasteiger partial charge in [0.15, 0.2) is 0 Å². The van der Waals surface area contributed by atoms with Crippen molar-refractivity contribution in [2.75, 3.05) is 19.8 Å². The van der Waals surface area contributed by atoms with Gasteiger partial charge in [-0.05, 0) is 39.2 Å². The number of hydrogen-bond acceptors (Lipinski definition) is 3. The first-order valence-corrected chi connectivity index (χ1v) is 6.17. The van der Waals surface area contributed by atoms with Crippen molar-refractivity contribution in [1.82, 2.24) is 5.32 Å². The van der Waals surface area contributed by atoms with Gasteiger partial charge < -0.3 is 15.2 Å². The second kappa shape index (κ2) is 6.46. The highest BCUT2D eigenvalue weighted by molar-refractivity contribution is 4.72. The summed E-state index contributed by atoms with van der Waals surface area (Å²) < 4.78 is 5.50. The van der Waals surface area contributed by atoms with E-state index in [1.54, 1.807) is 0 Å². The van der Waals surface area contributed by atoms with E-state index >= 15 is 0 Å². The molecule has 0 amide bonds. The molecule has 0 bridgehead atoms. The fourth-order valence-corrected chi connectivity index (χ4v) is 1.79. The van der Waals surface area contributed by atoms with Crippen molar-refractivity contribution in [3.8, 4) is 0 Å².